The SMILES string of the molecule is COC(=O)CCCCCCN(Cc1ccc(-n2cccn2)cc1)S(=O)(=O)c1cccnc1. The van der Waals surface area contributed by atoms with Crippen LogP contribution in [0, 0.1) is 0 Å². The highest BCUT2D eigenvalue weighted by Crippen LogP contribution is 2.20. The number of esters is 1. The summed E-state index contributed by atoms with van der Waals surface area (Å²) in [7, 11) is -2.30. The van der Waals surface area contributed by atoms with Gasteiger partial charge in [0.1, 0.15) is 4.90 Å². The molecule has 32 heavy (non-hydrogen) atoms. The number of rotatable bonds is 12. The van der Waals surface area contributed by atoms with E-state index in [4.69, 9.17) is 0 Å². The third kappa shape index (κ3) is 6.48. The molecule has 0 unspecified atom stereocenters. The Morgan fingerprint density at radius 2 is 1.81 bits per heavy atom. The zero-order chi connectivity index (χ0) is 22.8. The average molecular weight is 457 g/mol. The number of ether oxygens (including phenoxy) is 1. The average Bonchev–Trinajstić information content (AvgIpc) is 3.36. The number of unbranched alkanes of at least 4 members (excludes halogenated alkanes) is 3. The van der Waals surface area contributed by atoms with Gasteiger partial charge in [0.15, 0.2) is 0 Å². The molecule has 3 aromatic rings. The summed E-state index contributed by atoms with van der Waals surface area (Å²) in [6.45, 7) is 0.648. The van der Waals surface area contributed by atoms with E-state index >= 15 is 0 Å². The van der Waals surface area contributed by atoms with Gasteiger partial charge in [-0.05, 0) is 48.7 Å². The van der Waals surface area contributed by atoms with Crippen molar-refractivity contribution < 1.29 is 17.9 Å². The van der Waals surface area contributed by atoms with Gasteiger partial charge < -0.3 is 4.74 Å². The van der Waals surface area contributed by atoms with Crippen LogP contribution in [0.2, 0.25) is 0 Å². The van der Waals surface area contributed by atoms with Crippen LogP contribution in [0.1, 0.15) is 37.7 Å². The molecule has 0 aliphatic rings. The van der Waals surface area contributed by atoms with Crippen LogP contribution >= 0.6 is 0 Å². The number of carbonyl (C=O) groups is 1. The van der Waals surface area contributed by atoms with Gasteiger partial charge in [0.05, 0.1) is 12.8 Å². The summed E-state index contributed by atoms with van der Waals surface area (Å²) in [4.78, 5) is 15.4. The van der Waals surface area contributed by atoms with Gasteiger partial charge in [0.2, 0.25) is 10.0 Å². The zero-order valence-electron chi connectivity index (χ0n) is 18.1. The third-order valence-corrected chi connectivity index (χ3v) is 6.93. The van der Waals surface area contributed by atoms with Crippen molar-refractivity contribution in [3.05, 3.63) is 72.8 Å². The normalized spacial score (nSPS) is 11.6. The van der Waals surface area contributed by atoms with Crippen molar-refractivity contribution in [1.29, 1.82) is 0 Å². The van der Waals surface area contributed by atoms with Gasteiger partial charge in [-0.25, -0.2) is 13.1 Å². The first-order chi connectivity index (χ1) is 15.5. The third-order valence-electron chi connectivity index (χ3n) is 5.10. The fraction of sp³-hybridized carbons (Fsp3) is 0.348. The molecule has 0 radical (unpaired) electrons. The van der Waals surface area contributed by atoms with Crippen LogP contribution in [0.4, 0.5) is 0 Å². The van der Waals surface area contributed by atoms with Crippen molar-refractivity contribution >= 4 is 16.0 Å². The first-order valence-electron chi connectivity index (χ1n) is 10.6. The molecule has 0 bridgehead atoms. The Bertz CT molecular complexity index is 1070. The lowest BCUT2D eigenvalue weighted by atomic mass is 10.1. The number of pyridine rings is 1. The van der Waals surface area contributed by atoms with E-state index in [2.05, 4.69) is 14.8 Å². The molecule has 170 valence electrons. The Labute approximate surface area is 188 Å². The van der Waals surface area contributed by atoms with Gasteiger partial charge in [-0.3, -0.25) is 9.78 Å². The van der Waals surface area contributed by atoms with Gasteiger partial charge >= 0.3 is 5.97 Å². The number of carbonyl (C=O) groups excluding carboxylic acids is 1. The standard InChI is InChI=1S/C23H28N4O4S/c1-31-23(28)9-4-2-3-5-16-26(32(29,30)22-8-6-14-24-18-22)19-20-10-12-21(13-11-20)27-17-7-15-25-27/h6-8,10-15,17-18H,2-5,9,16,19H2,1H3. The van der Waals surface area contributed by atoms with Crippen molar-refractivity contribution in [2.45, 2.75) is 43.5 Å². The number of nitrogens with zero attached hydrogens (tertiary/aromatic N) is 4. The Morgan fingerprint density at radius 3 is 2.47 bits per heavy atom. The van der Waals surface area contributed by atoms with Gasteiger partial charge in [-0.15, -0.1) is 0 Å². The van der Waals surface area contributed by atoms with Gasteiger partial charge in [0, 0.05) is 44.3 Å². The quantitative estimate of drug-likeness (QED) is 0.305. The molecule has 0 atom stereocenters. The highest BCUT2D eigenvalue weighted by atomic mass is 32.2. The highest BCUT2D eigenvalue weighted by molar-refractivity contribution is 7.89. The summed E-state index contributed by atoms with van der Waals surface area (Å²) in [6, 6.07) is 12.7. The van der Waals surface area contributed by atoms with E-state index in [1.165, 1.54) is 17.6 Å². The lowest BCUT2D eigenvalue weighted by molar-refractivity contribution is -0.140. The summed E-state index contributed by atoms with van der Waals surface area (Å²) >= 11 is 0. The Hall–Kier alpha value is -3.04. The lowest BCUT2D eigenvalue weighted by Crippen LogP contribution is -2.31. The zero-order valence-corrected chi connectivity index (χ0v) is 18.9. The minimum absolute atomic E-state index is 0.179. The van der Waals surface area contributed by atoms with E-state index in [-0.39, 0.29) is 17.4 Å². The van der Waals surface area contributed by atoms with Crippen molar-refractivity contribution in [3.8, 4) is 5.69 Å². The van der Waals surface area contributed by atoms with Crippen LogP contribution in [0.3, 0.4) is 0 Å². The molecule has 0 spiro atoms. The topological polar surface area (TPSA) is 94.4 Å². The number of aromatic nitrogens is 3. The fourth-order valence-corrected chi connectivity index (χ4v) is 4.76. The van der Waals surface area contributed by atoms with E-state index in [0.717, 1.165) is 30.5 Å². The van der Waals surface area contributed by atoms with Crippen LogP contribution < -0.4 is 0 Å². The minimum Gasteiger partial charge on any atom is -0.469 e. The molecule has 2 aromatic heterocycles. The first-order valence-corrected chi connectivity index (χ1v) is 12.0. The first kappa shape index (κ1) is 23.6. The monoisotopic (exact) mass is 456 g/mol. The minimum atomic E-state index is -3.68. The van der Waals surface area contributed by atoms with Crippen molar-refractivity contribution in [2.24, 2.45) is 0 Å². The largest absolute Gasteiger partial charge is 0.469 e. The second-order valence-corrected chi connectivity index (χ2v) is 9.32. The van der Waals surface area contributed by atoms with Crippen molar-refractivity contribution in [1.82, 2.24) is 19.1 Å². The summed E-state index contributed by atoms with van der Waals surface area (Å²) in [5.74, 6) is -0.218. The van der Waals surface area contributed by atoms with E-state index in [1.54, 1.807) is 29.2 Å². The maximum absolute atomic E-state index is 13.2. The molecule has 9 heteroatoms. The molecule has 0 aliphatic heterocycles. The molecule has 2 heterocycles. The van der Waals surface area contributed by atoms with Gasteiger partial charge in [-0.1, -0.05) is 25.0 Å². The van der Waals surface area contributed by atoms with Gasteiger partial charge in [0.25, 0.3) is 0 Å². The molecule has 0 saturated heterocycles. The number of methoxy groups -OCH3 is 1. The molecule has 1 aromatic carbocycles. The number of hydrogen-bond acceptors (Lipinski definition) is 6. The van der Waals surface area contributed by atoms with Crippen molar-refractivity contribution in [2.75, 3.05) is 13.7 Å². The van der Waals surface area contributed by atoms with E-state index in [1.807, 2.05) is 36.5 Å². The predicted molar refractivity (Wildman–Crippen MR) is 120 cm³/mol. The molecule has 0 aliphatic carbocycles. The molecular formula is C23H28N4O4S. The van der Waals surface area contributed by atoms with E-state index < -0.39 is 10.0 Å². The molecular weight excluding hydrogens is 428 g/mol. The molecule has 0 fully saturated rings. The maximum Gasteiger partial charge on any atom is 0.305 e. The van der Waals surface area contributed by atoms with E-state index in [0.29, 0.717) is 19.4 Å². The number of hydrogen-bond donors (Lipinski definition) is 0. The Kier molecular flexibility index (Phi) is 8.52. The number of sulfonamides is 1. The summed E-state index contributed by atoms with van der Waals surface area (Å²) in [6.07, 6.45) is 9.98. The fourth-order valence-electron chi connectivity index (χ4n) is 3.33. The smallest absolute Gasteiger partial charge is 0.305 e. The van der Waals surface area contributed by atoms with Crippen LogP contribution in [-0.2, 0) is 26.1 Å². The summed E-state index contributed by atoms with van der Waals surface area (Å²) < 4.78 is 34.4. The lowest BCUT2D eigenvalue weighted by Gasteiger charge is -2.22. The second kappa shape index (κ2) is 11.5. The van der Waals surface area contributed by atoms with Crippen LogP contribution in [0.5, 0.6) is 0 Å². The molecule has 8 nitrogen and oxygen atoms in total. The predicted octanol–water partition coefficient (Wildman–Crippen LogP) is 3.58. The van der Waals surface area contributed by atoms with E-state index in [9.17, 15) is 13.2 Å². The summed E-state index contributed by atoms with van der Waals surface area (Å²) in [5, 5.41) is 4.21. The summed E-state index contributed by atoms with van der Waals surface area (Å²) in [5.41, 5.74) is 1.80. The highest BCUT2D eigenvalue weighted by Gasteiger charge is 2.24. The molecule has 0 N–H and O–H groups in total. The molecule has 0 amide bonds. The van der Waals surface area contributed by atoms with Crippen LogP contribution in [0.25, 0.3) is 5.69 Å². The van der Waals surface area contributed by atoms with Crippen LogP contribution in [0.15, 0.2) is 72.1 Å². The molecule has 3 rings (SSSR count). The second-order valence-electron chi connectivity index (χ2n) is 7.38. The van der Waals surface area contributed by atoms with Crippen LogP contribution in [-0.4, -0.2) is 47.1 Å². The molecule has 0 saturated carbocycles. The Morgan fingerprint density at radius 1 is 1.03 bits per heavy atom. The number of benzene rings is 1. The maximum atomic E-state index is 13.2. The van der Waals surface area contributed by atoms with Crippen molar-refractivity contribution in [3.63, 3.8) is 0 Å². The Balaban J connectivity index is 1.67. The van der Waals surface area contributed by atoms with Gasteiger partial charge in [-0.2, -0.15) is 9.40 Å².